The summed E-state index contributed by atoms with van der Waals surface area (Å²) in [6.45, 7) is 6.33. The maximum Gasteiger partial charge on any atom is 0.303 e. The number of carboxylic acids is 1. The Kier molecular flexibility index (Phi) is 5.64. The molecular weight excluding hydrogens is 288 g/mol. The summed E-state index contributed by atoms with van der Waals surface area (Å²) in [4.78, 5) is 10.9. The number of allylic oxidation sites excluding steroid dienone is 4. The molecular formula is C20H26O3. The monoisotopic (exact) mass is 314 g/mol. The van der Waals surface area contributed by atoms with Gasteiger partial charge in [0, 0.05) is 6.42 Å². The molecule has 3 nitrogen and oxygen atoms in total. The molecule has 3 heteroatoms. The molecule has 1 aromatic rings. The fourth-order valence-corrected chi connectivity index (χ4v) is 2.98. The van der Waals surface area contributed by atoms with E-state index in [0.717, 1.165) is 29.7 Å². The first-order valence-electron chi connectivity index (χ1n) is 8.23. The van der Waals surface area contributed by atoms with E-state index in [1.807, 2.05) is 13.0 Å². The molecule has 1 fully saturated rings. The standard InChI is InChI=1S/C20H26O3/c1-5-13(3)9-14(6-2)15-7-8-19(23-4)18(10-15)17-11-16(17)12-20(21)22/h6-10,16-17H,5,11-12H2,1-4H3,(H,21,22)/b13-9-,14-6+. The molecule has 124 valence electrons. The summed E-state index contributed by atoms with van der Waals surface area (Å²) in [7, 11) is 1.67. The lowest BCUT2D eigenvalue weighted by Crippen LogP contribution is -1.98. The lowest BCUT2D eigenvalue weighted by atomic mass is 9.97. The maximum atomic E-state index is 10.9. The van der Waals surface area contributed by atoms with Crippen molar-refractivity contribution in [2.24, 2.45) is 5.92 Å². The Balaban J connectivity index is 2.31. The van der Waals surface area contributed by atoms with Crippen molar-refractivity contribution < 1.29 is 14.6 Å². The van der Waals surface area contributed by atoms with E-state index in [2.05, 4.69) is 38.1 Å². The van der Waals surface area contributed by atoms with Crippen LogP contribution in [0.2, 0.25) is 0 Å². The summed E-state index contributed by atoms with van der Waals surface area (Å²) >= 11 is 0. The summed E-state index contributed by atoms with van der Waals surface area (Å²) in [6.07, 6.45) is 6.54. The number of aliphatic carboxylic acids is 1. The summed E-state index contributed by atoms with van der Waals surface area (Å²) in [5.41, 5.74) is 4.84. The van der Waals surface area contributed by atoms with Crippen molar-refractivity contribution in [2.45, 2.75) is 46.0 Å². The van der Waals surface area contributed by atoms with Gasteiger partial charge in [-0.1, -0.05) is 30.7 Å². The lowest BCUT2D eigenvalue weighted by Gasteiger charge is -2.12. The van der Waals surface area contributed by atoms with E-state index in [4.69, 9.17) is 9.84 Å². The number of carbonyl (C=O) groups is 1. The van der Waals surface area contributed by atoms with E-state index in [1.54, 1.807) is 7.11 Å². The maximum absolute atomic E-state index is 10.9. The minimum Gasteiger partial charge on any atom is -0.496 e. The Hall–Kier alpha value is -2.03. The number of ether oxygens (including phenoxy) is 1. The Bertz CT molecular complexity index is 640. The Morgan fingerprint density at radius 2 is 2.17 bits per heavy atom. The van der Waals surface area contributed by atoms with Gasteiger partial charge in [-0.05, 0) is 67.4 Å². The second-order valence-electron chi connectivity index (χ2n) is 6.25. The average Bonchev–Trinajstić information content (AvgIpc) is 3.29. The number of hydrogen-bond acceptors (Lipinski definition) is 2. The van der Waals surface area contributed by atoms with E-state index in [9.17, 15) is 4.79 Å². The van der Waals surface area contributed by atoms with Crippen LogP contribution in [-0.2, 0) is 4.79 Å². The third-order valence-electron chi connectivity index (χ3n) is 4.59. The fraction of sp³-hybridized carbons (Fsp3) is 0.450. The molecule has 1 aliphatic rings. The van der Waals surface area contributed by atoms with Gasteiger partial charge in [0.05, 0.1) is 7.11 Å². The van der Waals surface area contributed by atoms with Crippen molar-refractivity contribution in [1.82, 2.24) is 0 Å². The van der Waals surface area contributed by atoms with Crippen LogP contribution in [0.1, 0.15) is 57.1 Å². The Labute approximate surface area is 138 Å². The molecule has 0 aliphatic heterocycles. The first-order chi connectivity index (χ1) is 11.0. The van der Waals surface area contributed by atoms with Crippen molar-refractivity contribution >= 4 is 11.5 Å². The molecule has 2 rings (SSSR count). The van der Waals surface area contributed by atoms with Gasteiger partial charge in [0.1, 0.15) is 5.75 Å². The molecule has 2 unspecified atom stereocenters. The molecule has 0 spiro atoms. The fourth-order valence-electron chi connectivity index (χ4n) is 2.98. The summed E-state index contributed by atoms with van der Waals surface area (Å²) < 4.78 is 5.49. The number of rotatable bonds is 7. The second kappa shape index (κ2) is 7.49. The molecule has 0 bridgehead atoms. The highest BCUT2D eigenvalue weighted by Gasteiger charge is 2.41. The van der Waals surface area contributed by atoms with Crippen LogP contribution >= 0.6 is 0 Å². The van der Waals surface area contributed by atoms with Gasteiger partial charge in [0.25, 0.3) is 0 Å². The molecule has 0 radical (unpaired) electrons. The van der Waals surface area contributed by atoms with Crippen molar-refractivity contribution in [3.63, 3.8) is 0 Å². The van der Waals surface area contributed by atoms with Crippen LogP contribution in [0.5, 0.6) is 5.75 Å². The van der Waals surface area contributed by atoms with E-state index in [0.29, 0.717) is 5.92 Å². The zero-order valence-electron chi connectivity index (χ0n) is 14.4. The van der Waals surface area contributed by atoms with Crippen LogP contribution in [0.25, 0.3) is 5.57 Å². The predicted molar refractivity (Wildman–Crippen MR) is 93.8 cm³/mol. The SMILES string of the molecule is C/C=C(\C=C(\C)CC)c1ccc(OC)c(C2CC2CC(=O)O)c1. The van der Waals surface area contributed by atoms with Gasteiger partial charge in [-0.25, -0.2) is 0 Å². The molecule has 2 atom stereocenters. The van der Waals surface area contributed by atoms with Crippen LogP contribution in [0, 0.1) is 5.92 Å². The molecule has 1 aromatic carbocycles. The van der Waals surface area contributed by atoms with Crippen molar-refractivity contribution in [3.8, 4) is 5.75 Å². The molecule has 1 N–H and O–H groups in total. The van der Waals surface area contributed by atoms with E-state index in [-0.39, 0.29) is 12.3 Å². The number of hydrogen-bond donors (Lipinski definition) is 1. The quantitative estimate of drug-likeness (QED) is 0.718. The van der Waals surface area contributed by atoms with Gasteiger partial charge >= 0.3 is 5.97 Å². The highest BCUT2D eigenvalue weighted by atomic mass is 16.5. The normalized spacial score (nSPS) is 21.2. The molecule has 0 heterocycles. The first-order valence-corrected chi connectivity index (χ1v) is 8.23. The predicted octanol–water partition coefficient (Wildman–Crippen LogP) is 5.03. The summed E-state index contributed by atoms with van der Waals surface area (Å²) in [6, 6.07) is 6.24. The van der Waals surface area contributed by atoms with Gasteiger partial charge in [-0.2, -0.15) is 0 Å². The van der Waals surface area contributed by atoms with Crippen LogP contribution in [0.15, 0.2) is 35.9 Å². The van der Waals surface area contributed by atoms with E-state index in [1.165, 1.54) is 11.1 Å². The van der Waals surface area contributed by atoms with Gasteiger partial charge in [0.2, 0.25) is 0 Å². The zero-order chi connectivity index (χ0) is 17.0. The highest BCUT2D eigenvalue weighted by Crippen LogP contribution is 2.52. The molecule has 0 saturated heterocycles. The second-order valence-corrected chi connectivity index (χ2v) is 6.25. The molecule has 1 aliphatic carbocycles. The summed E-state index contributed by atoms with van der Waals surface area (Å²) in [5, 5.41) is 8.97. The molecule has 23 heavy (non-hydrogen) atoms. The van der Waals surface area contributed by atoms with Gasteiger partial charge in [-0.15, -0.1) is 0 Å². The van der Waals surface area contributed by atoms with Gasteiger partial charge in [-0.3, -0.25) is 4.79 Å². The number of carboxylic acid groups (broad SMARTS) is 1. The molecule has 1 saturated carbocycles. The van der Waals surface area contributed by atoms with Crippen LogP contribution in [0.4, 0.5) is 0 Å². The van der Waals surface area contributed by atoms with E-state index < -0.39 is 5.97 Å². The largest absolute Gasteiger partial charge is 0.496 e. The van der Waals surface area contributed by atoms with Crippen LogP contribution < -0.4 is 4.74 Å². The Morgan fingerprint density at radius 3 is 2.74 bits per heavy atom. The minimum absolute atomic E-state index is 0.235. The van der Waals surface area contributed by atoms with E-state index >= 15 is 0 Å². The van der Waals surface area contributed by atoms with Gasteiger partial charge in [0.15, 0.2) is 0 Å². The van der Waals surface area contributed by atoms with Gasteiger partial charge < -0.3 is 9.84 Å². The third kappa shape index (κ3) is 4.25. The number of benzene rings is 1. The Morgan fingerprint density at radius 1 is 1.43 bits per heavy atom. The summed E-state index contributed by atoms with van der Waals surface area (Å²) in [5.74, 6) is 0.676. The zero-order valence-corrected chi connectivity index (χ0v) is 14.4. The highest BCUT2D eigenvalue weighted by molar-refractivity contribution is 5.75. The third-order valence-corrected chi connectivity index (χ3v) is 4.59. The van der Waals surface area contributed by atoms with Crippen molar-refractivity contribution in [2.75, 3.05) is 7.11 Å². The minimum atomic E-state index is -0.719. The number of methoxy groups -OCH3 is 1. The lowest BCUT2D eigenvalue weighted by molar-refractivity contribution is -0.137. The average molecular weight is 314 g/mol. The topological polar surface area (TPSA) is 46.5 Å². The van der Waals surface area contributed by atoms with Crippen LogP contribution in [-0.4, -0.2) is 18.2 Å². The smallest absolute Gasteiger partial charge is 0.303 e. The van der Waals surface area contributed by atoms with Crippen molar-refractivity contribution in [1.29, 1.82) is 0 Å². The molecule has 0 aromatic heterocycles. The first kappa shape index (κ1) is 17.3. The molecule has 0 amide bonds. The van der Waals surface area contributed by atoms with Crippen LogP contribution in [0.3, 0.4) is 0 Å². The van der Waals surface area contributed by atoms with Crippen molar-refractivity contribution in [3.05, 3.63) is 47.1 Å².